The molecule has 0 aliphatic rings. The van der Waals surface area contributed by atoms with E-state index in [1.165, 1.54) is 0 Å². The highest BCUT2D eigenvalue weighted by Crippen LogP contribution is 2.28. The molecule has 2 aromatic rings. The van der Waals surface area contributed by atoms with Crippen LogP contribution in [0.4, 0.5) is 5.69 Å². The van der Waals surface area contributed by atoms with Gasteiger partial charge in [-0.2, -0.15) is 0 Å². The van der Waals surface area contributed by atoms with E-state index in [9.17, 15) is 0 Å². The Hall–Kier alpha value is -1.68. The highest BCUT2D eigenvalue weighted by Gasteiger charge is 2.14. The number of nitrogens with zero attached hydrogens (tertiary/aromatic N) is 2. The normalized spacial score (nSPS) is 12.9. The number of nitrogen functional groups attached to an aromatic ring is 1. The first-order valence-corrected chi connectivity index (χ1v) is 5.74. The van der Waals surface area contributed by atoms with Crippen LogP contribution in [-0.2, 0) is 11.2 Å². The van der Waals surface area contributed by atoms with Gasteiger partial charge in [-0.25, -0.2) is 0 Å². The number of hydrogen-bond donors (Lipinski definition) is 1. The lowest BCUT2D eigenvalue weighted by Crippen LogP contribution is -2.05. The van der Waals surface area contributed by atoms with Gasteiger partial charge < -0.3 is 10.5 Å². The third-order valence-corrected chi connectivity index (χ3v) is 2.96. The molecule has 0 radical (unpaired) electrons. The molecule has 2 rings (SSSR count). The lowest BCUT2D eigenvalue weighted by Gasteiger charge is -2.15. The van der Waals surface area contributed by atoms with Crippen molar-refractivity contribution in [3.05, 3.63) is 29.6 Å². The molecule has 2 aromatic heterocycles. The Morgan fingerprint density at radius 1 is 1.41 bits per heavy atom. The highest BCUT2D eigenvalue weighted by atomic mass is 16.5. The summed E-state index contributed by atoms with van der Waals surface area (Å²) in [6.07, 6.45) is 2.48. The van der Waals surface area contributed by atoms with Gasteiger partial charge in [0.25, 0.3) is 0 Å². The average molecular weight is 231 g/mol. The molecule has 0 saturated carbocycles. The van der Waals surface area contributed by atoms with Gasteiger partial charge >= 0.3 is 0 Å². The van der Waals surface area contributed by atoms with Crippen LogP contribution in [0.15, 0.2) is 18.3 Å². The van der Waals surface area contributed by atoms with Crippen molar-refractivity contribution in [3.8, 4) is 0 Å². The van der Waals surface area contributed by atoms with Crippen LogP contribution in [0.5, 0.6) is 0 Å². The molecule has 2 heterocycles. The summed E-state index contributed by atoms with van der Waals surface area (Å²) >= 11 is 0. The van der Waals surface area contributed by atoms with E-state index in [0.29, 0.717) is 5.69 Å². The Kier molecular flexibility index (Phi) is 3.24. The highest BCUT2D eigenvalue weighted by molar-refractivity contribution is 5.82. The van der Waals surface area contributed by atoms with Gasteiger partial charge in [-0.3, -0.25) is 9.97 Å². The van der Waals surface area contributed by atoms with Crippen molar-refractivity contribution in [3.63, 3.8) is 0 Å². The van der Waals surface area contributed by atoms with E-state index in [0.717, 1.165) is 28.7 Å². The molecule has 0 aliphatic heterocycles. The minimum Gasteiger partial charge on any atom is -0.397 e. The second-order valence-corrected chi connectivity index (χ2v) is 4.03. The van der Waals surface area contributed by atoms with Gasteiger partial charge in [0.15, 0.2) is 0 Å². The van der Waals surface area contributed by atoms with E-state index in [4.69, 9.17) is 10.5 Å². The van der Waals surface area contributed by atoms with E-state index in [2.05, 4.69) is 16.9 Å². The molecule has 0 fully saturated rings. The standard InChI is InChI=1S/C13H17N3O/c1-4-9-5-6-11-13(16-9)12(8(2)17-3)10(14)7-15-11/h5-8H,4,14H2,1-3H3/t8-/m0/s1. The molecule has 2 N–H and O–H groups in total. The summed E-state index contributed by atoms with van der Waals surface area (Å²) in [6.45, 7) is 4.04. The quantitative estimate of drug-likeness (QED) is 0.881. The predicted molar refractivity (Wildman–Crippen MR) is 68.8 cm³/mol. The molecular weight excluding hydrogens is 214 g/mol. The van der Waals surface area contributed by atoms with Crippen molar-refractivity contribution in [1.82, 2.24) is 9.97 Å². The minimum absolute atomic E-state index is 0.0832. The number of anilines is 1. The fourth-order valence-electron chi connectivity index (χ4n) is 1.88. The lowest BCUT2D eigenvalue weighted by molar-refractivity contribution is 0.121. The first-order valence-electron chi connectivity index (χ1n) is 5.74. The average Bonchev–Trinajstić information content (AvgIpc) is 2.37. The summed E-state index contributed by atoms with van der Waals surface area (Å²) < 4.78 is 5.35. The van der Waals surface area contributed by atoms with Gasteiger partial charge in [-0.05, 0) is 25.5 Å². The van der Waals surface area contributed by atoms with Crippen LogP contribution in [0.25, 0.3) is 11.0 Å². The molecule has 0 saturated heterocycles. The zero-order valence-electron chi connectivity index (χ0n) is 10.4. The number of ether oxygens (including phenoxy) is 1. The Labute approximate surface area is 101 Å². The summed E-state index contributed by atoms with van der Waals surface area (Å²) in [5, 5.41) is 0. The van der Waals surface area contributed by atoms with Gasteiger partial charge in [-0.15, -0.1) is 0 Å². The van der Waals surface area contributed by atoms with E-state index < -0.39 is 0 Å². The van der Waals surface area contributed by atoms with Crippen molar-refractivity contribution < 1.29 is 4.74 Å². The minimum atomic E-state index is -0.0832. The van der Waals surface area contributed by atoms with Crippen molar-refractivity contribution in [1.29, 1.82) is 0 Å². The largest absolute Gasteiger partial charge is 0.397 e. The first kappa shape index (κ1) is 11.8. The molecule has 17 heavy (non-hydrogen) atoms. The number of hydrogen-bond acceptors (Lipinski definition) is 4. The summed E-state index contributed by atoms with van der Waals surface area (Å²) in [6, 6.07) is 3.97. The van der Waals surface area contributed by atoms with Gasteiger partial charge in [0.2, 0.25) is 0 Å². The van der Waals surface area contributed by atoms with E-state index in [1.54, 1.807) is 13.3 Å². The Balaban J connectivity index is 2.73. The molecule has 90 valence electrons. The summed E-state index contributed by atoms with van der Waals surface area (Å²) in [7, 11) is 1.67. The zero-order chi connectivity index (χ0) is 12.4. The van der Waals surface area contributed by atoms with Gasteiger partial charge in [0.1, 0.15) is 0 Å². The molecule has 4 nitrogen and oxygen atoms in total. The number of aromatic nitrogens is 2. The van der Waals surface area contributed by atoms with Crippen molar-refractivity contribution in [2.75, 3.05) is 12.8 Å². The van der Waals surface area contributed by atoms with Crippen molar-refractivity contribution in [2.45, 2.75) is 26.4 Å². The molecule has 0 bridgehead atoms. The van der Waals surface area contributed by atoms with Crippen LogP contribution >= 0.6 is 0 Å². The number of methoxy groups -OCH3 is 1. The molecule has 0 spiro atoms. The first-order chi connectivity index (χ1) is 8.17. The molecule has 4 heteroatoms. The lowest BCUT2D eigenvalue weighted by atomic mass is 10.1. The summed E-state index contributed by atoms with van der Waals surface area (Å²) in [4.78, 5) is 8.89. The van der Waals surface area contributed by atoms with E-state index >= 15 is 0 Å². The number of pyridine rings is 2. The fraction of sp³-hybridized carbons (Fsp3) is 0.385. The molecule has 0 unspecified atom stereocenters. The molecule has 0 aliphatic carbocycles. The second kappa shape index (κ2) is 4.67. The smallest absolute Gasteiger partial charge is 0.0968 e. The van der Waals surface area contributed by atoms with Crippen LogP contribution in [0.2, 0.25) is 0 Å². The summed E-state index contributed by atoms with van der Waals surface area (Å²) in [5.41, 5.74) is 10.3. The van der Waals surface area contributed by atoms with Gasteiger partial charge in [0, 0.05) is 18.4 Å². The maximum Gasteiger partial charge on any atom is 0.0968 e. The fourth-order valence-corrected chi connectivity index (χ4v) is 1.88. The van der Waals surface area contributed by atoms with Gasteiger partial charge in [0.05, 0.1) is 29.0 Å². The van der Waals surface area contributed by atoms with Crippen LogP contribution < -0.4 is 5.73 Å². The molecule has 0 aromatic carbocycles. The topological polar surface area (TPSA) is 61.0 Å². The van der Waals surface area contributed by atoms with Crippen LogP contribution in [0.3, 0.4) is 0 Å². The Bertz CT molecular complexity index is 539. The van der Waals surface area contributed by atoms with E-state index in [-0.39, 0.29) is 6.10 Å². The number of rotatable bonds is 3. The summed E-state index contributed by atoms with van der Waals surface area (Å²) in [5.74, 6) is 0. The predicted octanol–water partition coefficient (Wildman–Crippen LogP) is 2.48. The maximum absolute atomic E-state index is 5.97. The molecule has 0 amide bonds. The van der Waals surface area contributed by atoms with E-state index in [1.807, 2.05) is 19.1 Å². The number of fused-ring (bicyclic) bond motifs is 1. The zero-order valence-corrected chi connectivity index (χ0v) is 10.4. The second-order valence-electron chi connectivity index (χ2n) is 4.03. The van der Waals surface area contributed by atoms with Crippen LogP contribution in [0.1, 0.15) is 31.2 Å². The van der Waals surface area contributed by atoms with Crippen molar-refractivity contribution in [2.24, 2.45) is 0 Å². The van der Waals surface area contributed by atoms with Gasteiger partial charge in [-0.1, -0.05) is 6.92 Å². The molecular formula is C13H17N3O. The SMILES string of the molecule is CCc1ccc2ncc(N)c([C@H](C)OC)c2n1. The van der Waals surface area contributed by atoms with Crippen molar-refractivity contribution >= 4 is 16.7 Å². The van der Waals surface area contributed by atoms with Crippen LogP contribution in [0, 0.1) is 0 Å². The number of aryl methyl sites for hydroxylation is 1. The number of nitrogens with two attached hydrogens (primary N) is 1. The maximum atomic E-state index is 5.97. The third kappa shape index (κ3) is 2.08. The molecule has 1 atom stereocenters. The van der Waals surface area contributed by atoms with Crippen LogP contribution in [-0.4, -0.2) is 17.1 Å². The Morgan fingerprint density at radius 3 is 2.82 bits per heavy atom. The third-order valence-electron chi connectivity index (χ3n) is 2.96. The Morgan fingerprint density at radius 2 is 2.18 bits per heavy atom. The monoisotopic (exact) mass is 231 g/mol.